The number of ether oxygens (including phenoxy) is 5. The van der Waals surface area contributed by atoms with E-state index in [2.05, 4.69) is 36.2 Å². The van der Waals surface area contributed by atoms with Gasteiger partial charge in [-0.05, 0) is 43.7 Å². The number of Topliss-reactive ketones (excluding diaryl/α,β-unsaturated/α-hetero) is 4. The first-order chi connectivity index (χ1) is 52.4. The van der Waals surface area contributed by atoms with Crippen molar-refractivity contribution in [1.29, 1.82) is 0 Å². The zero-order chi connectivity index (χ0) is 80.6. The topological polar surface area (TPSA) is 186 Å². The van der Waals surface area contributed by atoms with Crippen molar-refractivity contribution in [3.8, 4) is 0 Å². The van der Waals surface area contributed by atoms with Gasteiger partial charge in [-0.25, -0.2) is 26.3 Å². The molecule has 2 unspecified atom stereocenters. The van der Waals surface area contributed by atoms with Crippen LogP contribution in [0.3, 0.4) is 0 Å². The lowest BCUT2D eigenvalue weighted by molar-refractivity contribution is -0.189. The van der Waals surface area contributed by atoms with E-state index in [0.29, 0.717) is 122 Å². The molecule has 108 heavy (non-hydrogen) atoms. The maximum atomic E-state index is 11.9. The van der Waals surface area contributed by atoms with Crippen LogP contribution < -0.4 is 0 Å². The number of aliphatic carboxylic acids is 1. The van der Waals surface area contributed by atoms with Gasteiger partial charge in [0.2, 0.25) is 6.54 Å². The second-order valence-corrected chi connectivity index (χ2v) is 25.6. The van der Waals surface area contributed by atoms with Crippen LogP contribution in [0.2, 0.25) is 0 Å². The van der Waals surface area contributed by atoms with Crippen LogP contribution in [-0.2, 0) is 86.4 Å². The SMILES string of the molecule is CC.CC.CC.CC.CC.CC.CC(=O)C1(c2ccccc2)CCC(=O)CC1.O=C(O)C1(c2ccccc2)CCC2(CC1)OCCO2.[C-]#[N+]C1(c2ccccc2)CCC(=O)C(C(=O)OC)C1.[C-]#[N+]C1(c2ccccc2)CCC(=O)CC1.[C-]#[N+]C1(c2ccccc2)CCC2(CC1)OCCO2.[C-]#[N+]Cc1ccccc1. The summed E-state index contributed by atoms with van der Waals surface area (Å²) >= 11 is 0. The Morgan fingerprint density at radius 2 is 0.694 bits per heavy atom. The Balaban J connectivity index is 0.000000431. The van der Waals surface area contributed by atoms with E-state index in [9.17, 15) is 33.9 Å². The molecule has 13 rings (SSSR count). The molecular weight excluding hydrogens is 1350 g/mol. The van der Waals surface area contributed by atoms with Crippen molar-refractivity contribution >= 4 is 35.1 Å². The number of ketones is 4. The van der Waals surface area contributed by atoms with Crippen molar-refractivity contribution in [3.05, 3.63) is 261 Å². The summed E-state index contributed by atoms with van der Waals surface area (Å²) in [4.78, 5) is 84.4. The number of methoxy groups -OCH3 is 1. The van der Waals surface area contributed by atoms with Gasteiger partial charge in [0, 0.05) is 112 Å². The third-order valence-corrected chi connectivity index (χ3v) is 20.2. The van der Waals surface area contributed by atoms with Crippen molar-refractivity contribution < 1.29 is 57.6 Å². The number of esters is 1. The minimum Gasteiger partial charge on any atom is -0.481 e. The lowest BCUT2D eigenvalue weighted by Crippen LogP contribution is -2.46. The van der Waals surface area contributed by atoms with E-state index >= 15 is 0 Å². The summed E-state index contributed by atoms with van der Waals surface area (Å²) in [5.41, 5.74) is 3.31. The lowest BCUT2D eigenvalue weighted by atomic mass is 9.67. The molecule has 2 spiro atoms. The number of hydrogen-bond donors (Lipinski definition) is 1. The Morgan fingerprint density at radius 1 is 0.398 bits per heavy atom. The van der Waals surface area contributed by atoms with Gasteiger partial charge in [-0.15, -0.1) is 0 Å². The van der Waals surface area contributed by atoms with Crippen LogP contribution in [0.15, 0.2) is 182 Å². The van der Waals surface area contributed by atoms with Gasteiger partial charge in [0.25, 0.3) is 16.6 Å². The van der Waals surface area contributed by atoms with Gasteiger partial charge in [-0.1, -0.05) is 265 Å². The summed E-state index contributed by atoms with van der Waals surface area (Å²) in [6.07, 6.45) is 11.5. The molecule has 7 aliphatic rings. The maximum Gasteiger partial charge on any atom is 0.316 e. The van der Waals surface area contributed by atoms with E-state index in [1.807, 2.05) is 253 Å². The predicted molar refractivity (Wildman–Crippen MR) is 431 cm³/mol. The highest BCUT2D eigenvalue weighted by Gasteiger charge is 2.53. The fraction of sp³-hybridized carbons (Fsp3) is 0.500. The Kier molecular flexibility index (Phi) is 44.2. The van der Waals surface area contributed by atoms with Crippen molar-refractivity contribution in [2.24, 2.45) is 5.92 Å². The summed E-state index contributed by atoms with van der Waals surface area (Å²) in [5.74, 6) is -2.35. The number of nitrogens with zero attached hydrogens (tertiary/aromatic N) is 4. The zero-order valence-electron chi connectivity index (χ0n) is 67.1. The van der Waals surface area contributed by atoms with Gasteiger partial charge in [-0.3, -0.25) is 28.8 Å². The summed E-state index contributed by atoms with van der Waals surface area (Å²) in [6.45, 7) is 57.8. The number of rotatable bonds is 9. The number of benzene rings is 6. The standard InChI is InChI=1S/C15H15NO3.C15H17NO2.C15H18O4.C14H16O2.C13H13NO.C8H7N.6C2H6/c1-16-15(11-6-4-3-5-7-11)9-8-13(17)12(10-15)14(18)19-2;1-16-14(13-5-3-2-4-6-13)7-9-15(10-8-14)17-11-12-18-15;16-13(17)14(12-4-2-1-3-5-12)6-8-15(9-7-14)18-10-11-19-15;1-11(15)14(9-7-13(16)8-10-14)12-5-3-2-4-6-12;1-14-13(9-7-12(15)8-10-13)11-5-3-2-4-6-11;1-9-7-8-5-3-2-4-6-8;6*1-2/h3-7,12H,8-10H2,2H3;2-6H,7-12H2;1-5H,6-11H2,(H,16,17);2-6H,7-10H2,1H3;2-6H,7-10H2;2-6H,7H2;6*1-2H3. The molecule has 6 aromatic carbocycles. The van der Waals surface area contributed by atoms with Crippen LogP contribution in [0.25, 0.3) is 19.4 Å². The quantitative estimate of drug-likeness (QED) is 0.0821. The maximum absolute atomic E-state index is 11.9. The van der Waals surface area contributed by atoms with Crippen molar-refractivity contribution in [2.75, 3.05) is 33.5 Å². The Bertz CT molecular complexity index is 3690. The molecule has 16 heteroatoms. The number of hydrogen-bond acceptors (Lipinski definition) is 11. The van der Waals surface area contributed by atoms with Crippen LogP contribution in [0.4, 0.5) is 0 Å². The number of carbonyl (C=O) groups is 6. The fourth-order valence-corrected chi connectivity index (χ4v) is 14.2. The van der Waals surface area contributed by atoms with E-state index in [-0.39, 0.29) is 41.5 Å². The molecule has 0 amide bonds. The molecule has 582 valence electrons. The van der Waals surface area contributed by atoms with Gasteiger partial charge >= 0.3 is 11.9 Å². The second kappa shape index (κ2) is 50.4. The number of carboxylic acids is 1. The number of carbonyl (C=O) groups excluding carboxylic acids is 5. The van der Waals surface area contributed by atoms with Gasteiger partial charge in [0.1, 0.15) is 29.1 Å². The number of carboxylic acid groups (broad SMARTS) is 1. The molecule has 5 aliphatic carbocycles. The minimum atomic E-state index is -0.812. The molecule has 0 bridgehead atoms. The summed E-state index contributed by atoms with van der Waals surface area (Å²) in [6, 6.07) is 58.5. The molecule has 16 nitrogen and oxygen atoms in total. The lowest BCUT2D eigenvalue weighted by Gasteiger charge is -2.41. The van der Waals surface area contributed by atoms with Gasteiger partial charge in [0.05, 0.1) is 50.8 Å². The summed E-state index contributed by atoms with van der Waals surface area (Å²) in [7, 11) is 1.27. The van der Waals surface area contributed by atoms with E-state index in [1.165, 1.54) is 7.11 Å². The van der Waals surface area contributed by atoms with Gasteiger partial charge in [0.15, 0.2) is 11.6 Å². The Hall–Kier alpha value is -9.26. The molecular formula is C92H122N4O12. The molecule has 0 radical (unpaired) electrons. The fourth-order valence-electron chi connectivity index (χ4n) is 14.2. The van der Waals surface area contributed by atoms with E-state index in [4.69, 9.17) is 45.2 Å². The van der Waals surface area contributed by atoms with Crippen molar-refractivity contribution in [1.82, 2.24) is 0 Å². The van der Waals surface area contributed by atoms with Gasteiger partial charge in [-0.2, -0.15) is 0 Å². The van der Waals surface area contributed by atoms with E-state index in [0.717, 1.165) is 59.1 Å². The molecule has 7 fully saturated rings. The second-order valence-electron chi connectivity index (χ2n) is 25.6. The molecule has 0 aromatic heterocycles. The first kappa shape index (κ1) is 94.8. The summed E-state index contributed by atoms with van der Waals surface area (Å²) < 4.78 is 27.5. The van der Waals surface area contributed by atoms with Crippen LogP contribution >= 0.6 is 0 Å². The highest BCUT2D eigenvalue weighted by Crippen LogP contribution is 2.49. The first-order valence-corrected chi connectivity index (χ1v) is 39.2. The van der Waals surface area contributed by atoms with Gasteiger partial charge < -0.3 is 48.2 Å². The summed E-state index contributed by atoms with van der Waals surface area (Å²) in [5, 5.41) is 9.69. The van der Waals surface area contributed by atoms with Crippen LogP contribution in [0.1, 0.15) is 245 Å². The highest BCUT2D eigenvalue weighted by atomic mass is 16.7. The van der Waals surface area contributed by atoms with Crippen LogP contribution in [0, 0.1) is 32.2 Å². The first-order valence-electron chi connectivity index (χ1n) is 39.2. The molecule has 6 aromatic rings. The molecule has 1 N–H and O–H groups in total. The van der Waals surface area contributed by atoms with Crippen LogP contribution in [0.5, 0.6) is 0 Å². The molecule has 2 saturated heterocycles. The Morgan fingerprint density at radius 3 is 1.02 bits per heavy atom. The zero-order valence-corrected chi connectivity index (χ0v) is 67.1. The largest absolute Gasteiger partial charge is 0.481 e. The van der Waals surface area contributed by atoms with E-state index < -0.39 is 45.6 Å². The molecule has 5 saturated carbocycles. The molecule has 2 atom stereocenters. The molecule has 2 aliphatic heterocycles. The Labute approximate surface area is 647 Å². The average molecular weight is 1480 g/mol. The highest BCUT2D eigenvalue weighted by molar-refractivity contribution is 6.00. The minimum absolute atomic E-state index is 0.123. The third kappa shape index (κ3) is 26.3. The van der Waals surface area contributed by atoms with Crippen molar-refractivity contribution in [2.45, 2.75) is 258 Å². The molecule has 2 heterocycles. The third-order valence-electron chi connectivity index (χ3n) is 20.2. The predicted octanol–water partition coefficient (Wildman–Crippen LogP) is 21.7. The monoisotopic (exact) mass is 1470 g/mol. The normalized spacial score (nSPS) is 20.6. The smallest absolute Gasteiger partial charge is 0.316 e. The van der Waals surface area contributed by atoms with Crippen LogP contribution in [-0.4, -0.2) is 85.3 Å². The van der Waals surface area contributed by atoms with E-state index in [1.54, 1.807) is 6.92 Å². The average Bonchev–Trinajstić information content (AvgIpc) is 1.36. The van der Waals surface area contributed by atoms with Crippen molar-refractivity contribution in [3.63, 3.8) is 0 Å².